The Morgan fingerprint density at radius 3 is 2.55 bits per heavy atom. The zero-order valence-corrected chi connectivity index (χ0v) is 16.0. The second-order valence-corrected chi connectivity index (χ2v) is 7.35. The minimum atomic E-state index is -0.242. The van der Waals surface area contributed by atoms with Crippen LogP contribution in [0.4, 0.5) is 10.2 Å². The smallest absolute Gasteiger partial charge is 0.146 e. The van der Waals surface area contributed by atoms with Gasteiger partial charge >= 0.3 is 0 Å². The minimum absolute atomic E-state index is 0.242. The summed E-state index contributed by atoms with van der Waals surface area (Å²) < 4.78 is 19.2. The van der Waals surface area contributed by atoms with Gasteiger partial charge in [-0.1, -0.05) is 48.5 Å². The van der Waals surface area contributed by atoms with E-state index in [1.807, 2.05) is 18.2 Å². The molecule has 0 fully saturated rings. The van der Waals surface area contributed by atoms with Gasteiger partial charge in [0.15, 0.2) is 0 Å². The molecule has 1 aromatic heterocycles. The van der Waals surface area contributed by atoms with Gasteiger partial charge in [0.1, 0.15) is 29.5 Å². The average Bonchev–Trinajstić information content (AvgIpc) is 2.78. The molecule has 2 heterocycles. The molecular weight excluding hydrogens is 363 g/mol. The van der Waals surface area contributed by atoms with E-state index in [4.69, 9.17) is 9.72 Å². The lowest BCUT2D eigenvalue weighted by atomic mass is 10.00. The third kappa shape index (κ3) is 3.66. The van der Waals surface area contributed by atoms with Crippen molar-refractivity contribution < 1.29 is 9.13 Å². The van der Waals surface area contributed by atoms with E-state index in [-0.39, 0.29) is 5.82 Å². The molecule has 1 aliphatic heterocycles. The molecule has 0 amide bonds. The Morgan fingerprint density at radius 1 is 0.862 bits per heavy atom. The maximum atomic E-state index is 13.1. The highest BCUT2D eigenvalue weighted by Crippen LogP contribution is 2.29. The number of rotatable bonds is 4. The van der Waals surface area contributed by atoms with Crippen LogP contribution in [0.1, 0.15) is 16.7 Å². The topological polar surface area (TPSA) is 25.4 Å². The highest BCUT2D eigenvalue weighted by Gasteiger charge is 2.17. The molecule has 0 aliphatic carbocycles. The van der Waals surface area contributed by atoms with Crippen molar-refractivity contribution in [3.05, 3.63) is 101 Å². The van der Waals surface area contributed by atoms with Crippen LogP contribution in [0.3, 0.4) is 0 Å². The van der Waals surface area contributed by atoms with E-state index in [2.05, 4.69) is 41.3 Å². The average molecular weight is 384 g/mol. The zero-order valence-electron chi connectivity index (χ0n) is 16.0. The molecule has 0 N–H and O–H groups in total. The molecule has 0 bridgehead atoms. The lowest BCUT2D eigenvalue weighted by Crippen LogP contribution is -2.30. The molecule has 29 heavy (non-hydrogen) atoms. The second-order valence-electron chi connectivity index (χ2n) is 7.35. The van der Waals surface area contributed by atoms with Crippen LogP contribution >= 0.6 is 0 Å². The number of aromatic nitrogens is 1. The van der Waals surface area contributed by atoms with Crippen LogP contribution in [-0.4, -0.2) is 11.5 Å². The number of nitrogens with zero attached hydrogens (tertiary/aromatic N) is 2. The van der Waals surface area contributed by atoms with Gasteiger partial charge in [0.2, 0.25) is 0 Å². The first-order chi connectivity index (χ1) is 14.3. The van der Waals surface area contributed by atoms with Gasteiger partial charge in [-0.2, -0.15) is 0 Å². The van der Waals surface area contributed by atoms with Crippen molar-refractivity contribution >= 4 is 16.7 Å². The predicted octanol–water partition coefficient (Wildman–Crippen LogP) is 5.52. The number of ether oxygens (including phenoxy) is 1. The van der Waals surface area contributed by atoms with Gasteiger partial charge in [-0.15, -0.1) is 0 Å². The summed E-state index contributed by atoms with van der Waals surface area (Å²) in [6.45, 7) is 2.20. The van der Waals surface area contributed by atoms with Crippen molar-refractivity contribution in [2.24, 2.45) is 0 Å². The van der Waals surface area contributed by atoms with Crippen molar-refractivity contribution in [2.75, 3.05) is 11.4 Å². The Hall–Kier alpha value is -3.40. The summed E-state index contributed by atoms with van der Waals surface area (Å²) >= 11 is 0. The molecule has 0 spiro atoms. The molecule has 1 aliphatic rings. The molecule has 0 atom stereocenters. The number of halogens is 1. The maximum absolute atomic E-state index is 13.1. The van der Waals surface area contributed by atoms with Crippen LogP contribution in [0.2, 0.25) is 0 Å². The van der Waals surface area contributed by atoms with E-state index < -0.39 is 0 Å². The molecule has 3 aromatic carbocycles. The third-order valence-corrected chi connectivity index (χ3v) is 5.43. The quantitative estimate of drug-likeness (QED) is 0.463. The summed E-state index contributed by atoms with van der Waals surface area (Å²) in [4.78, 5) is 7.26. The number of hydrogen-bond donors (Lipinski definition) is 0. The Kier molecular flexibility index (Phi) is 4.60. The molecular formula is C25H21FN2O. The molecule has 0 unspecified atom stereocenters. The van der Waals surface area contributed by atoms with E-state index in [0.717, 1.165) is 47.5 Å². The summed E-state index contributed by atoms with van der Waals surface area (Å²) in [6.07, 6.45) is 1.03. The summed E-state index contributed by atoms with van der Waals surface area (Å²) in [5.41, 5.74) is 4.56. The van der Waals surface area contributed by atoms with Crippen LogP contribution in [0.5, 0.6) is 5.75 Å². The lowest BCUT2D eigenvalue weighted by Gasteiger charge is -2.30. The Bertz CT molecular complexity index is 1160. The van der Waals surface area contributed by atoms with Gasteiger partial charge in [0, 0.05) is 18.5 Å². The molecule has 0 saturated carbocycles. The van der Waals surface area contributed by atoms with Gasteiger partial charge in [-0.05, 0) is 53.4 Å². The second kappa shape index (κ2) is 7.55. The molecule has 5 rings (SSSR count). The zero-order chi connectivity index (χ0) is 19.6. The number of benzene rings is 3. The van der Waals surface area contributed by atoms with Crippen molar-refractivity contribution in [2.45, 2.75) is 19.6 Å². The van der Waals surface area contributed by atoms with Crippen molar-refractivity contribution in [3.8, 4) is 5.75 Å². The number of pyridine rings is 1. The highest BCUT2D eigenvalue weighted by molar-refractivity contribution is 5.86. The predicted molar refractivity (Wildman–Crippen MR) is 114 cm³/mol. The normalized spacial score (nSPS) is 13.3. The number of fused-ring (bicyclic) bond motifs is 2. The fraction of sp³-hybridized carbons (Fsp3) is 0.160. The van der Waals surface area contributed by atoms with Gasteiger partial charge in [0.25, 0.3) is 0 Å². The largest absolute Gasteiger partial charge is 0.487 e. The Labute approximate surface area is 169 Å². The summed E-state index contributed by atoms with van der Waals surface area (Å²) in [7, 11) is 0. The molecule has 0 radical (unpaired) electrons. The molecule has 0 saturated heterocycles. The molecule has 3 nitrogen and oxygen atoms in total. The van der Waals surface area contributed by atoms with E-state index in [0.29, 0.717) is 6.61 Å². The van der Waals surface area contributed by atoms with Crippen LogP contribution < -0.4 is 9.64 Å². The monoisotopic (exact) mass is 384 g/mol. The third-order valence-electron chi connectivity index (χ3n) is 5.43. The highest BCUT2D eigenvalue weighted by atomic mass is 19.1. The Balaban J connectivity index is 1.42. The van der Waals surface area contributed by atoms with E-state index in [9.17, 15) is 4.39 Å². The Morgan fingerprint density at radius 2 is 1.69 bits per heavy atom. The van der Waals surface area contributed by atoms with Crippen molar-refractivity contribution in [1.82, 2.24) is 4.98 Å². The summed E-state index contributed by atoms with van der Waals surface area (Å²) in [5, 5.41) is 1.04. The number of para-hydroxylation sites is 1. The van der Waals surface area contributed by atoms with E-state index in [1.54, 1.807) is 12.1 Å². The number of anilines is 1. The first-order valence-electron chi connectivity index (χ1n) is 9.85. The minimum Gasteiger partial charge on any atom is -0.487 e. The van der Waals surface area contributed by atoms with Gasteiger partial charge in [-0.25, -0.2) is 9.37 Å². The van der Waals surface area contributed by atoms with Crippen LogP contribution in [0, 0.1) is 5.82 Å². The van der Waals surface area contributed by atoms with Crippen LogP contribution in [0.15, 0.2) is 78.9 Å². The fourth-order valence-corrected chi connectivity index (χ4v) is 3.84. The molecule has 144 valence electrons. The van der Waals surface area contributed by atoms with Crippen molar-refractivity contribution in [1.29, 1.82) is 0 Å². The van der Waals surface area contributed by atoms with E-state index in [1.165, 1.54) is 23.3 Å². The first kappa shape index (κ1) is 17.7. The van der Waals surface area contributed by atoms with Gasteiger partial charge in [0.05, 0.1) is 0 Å². The van der Waals surface area contributed by atoms with Gasteiger partial charge in [-0.3, -0.25) is 0 Å². The lowest BCUT2D eigenvalue weighted by molar-refractivity contribution is 0.309. The fourth-order valence-electron chi connectivity index (χ4n) is 3.84. The summed E-state index contributed by atoms with van der Waals surface area (Å²) in [6, 6.07) is 25.1. The van der Waals surface area contributed by atoms with Gasteiger partial charge < -0.3 is 9.64 Å². The maximum Gasteiger partial charge on any atom is 0.146 e. The molecule has 4 heteroatoms. The first-order valence-corrected chi connectivity index (χ1v) is 9.85. The van der Waals surface area contributed by atoms with E-state index >= 15 is 0 Å². The number of hydrogen-bond acceptors (Lipinski definition) is 3. The van der Waals surface area contributed by atoms with Crippen molar-refractivity contribution in [3.63, 3.8) is 0 Å². The van der Waals surface area contributed by atoms with Crippen LogP contribution in [0.25, 0.3) is 10.9 Å². The molecule has 4 aromatic rings. The van der Waals surface area contributed by atoms with Crippen LogP contribution in [-0.2, 0) is 19.6 Å². The SMILES string of the molecule is Fc1ccc(COc2cccc3ccc(N4CCc5ccccc5C4)nc23)cc1. The summed E-state index contributed by atoms with van der Waals surface area (Å²) in [5.74, 6) is 1.46. The standard InChI is InChI=1S/C25H21FN2O/c26-22-11-8-18(9-12-22)17-29-23-7-3-6-20-10-13-24(27-25(20)23)28-15-14-19-4-1-2-5-21(19)16-28/h1-13H,14-17H2.